The van der Waals surface area contributed by atoms with E-state index in [1.165, 1.54) is 0 Å². The number of aryl methyl sites for hydroxylation is 1. The third kappa shape index (κ3) is 1.71. The summed E-state index contributed by atoms with van der Waals surface area (Å²) in [5.41, 5.74) is 1.03. The van der Waals surface area contributed by atoms with Crippen molar-refractivity contribution in [2.24, 2.45) is 0 Å². The van der Waals surface area contributed by atoms with Crippen LogP contribution in [-0.2, 0) is 11.8 Å². The molecule has 0 fully saturated rings. The largest absolute Gasteiger partial charge is 0.359 e. The van der Waals surface area contributed by atoms with Gasteiger partial charge in [-0.1, -0.05) is 32.9 Å². The standard InChI is InChI=1S/C9H14BrNO/c1-5-6-7(10)8(12-11-6)9(2,3)4/h5H2,1-4H3. The molecule has 1 heterocycles. The minimum atomic E-state index is 0.0270. The van der Waals surface area contributed by atoms with Crippen LogP contribution in [-0.4, -0.2) is 5.16 Å². The number of halogens is 1. The van der Waals surface area contributed by atoms with Crippen LogP contribution in [0.3, 0.4) is 0 Å². The van der Waals surface area contributed by atoms with Crippen LogP contribution in [0.25, 0.3) is 0 Å². The first-order valence-electron chi connectivity index (χ1n) is 4.11. The normalized spacial score (nSPS) is 12.1. The molecule has 1 rings (SSSR count). The molecule has 0 aromatic carbocycles. The Balaban J connectivity index is 3.11. The summed E-state index contributed by atoms with van der Waals surface area (Å²) in [6.07, 6.45) is 0.903. The van der Waals surface area contributed by atoms with Gasteiger partial charge in [0, 0.05) is 5.41 Å². The maximum Gasteiger partial charge on any atom is 0.156 e. The first kappa shape index (κ1) is 9.78. The van der Waals surface area contributed by atoms with E-state index in [4.69, 9.17) is 4.52 Å². The van der Waals surface area contributed by atoms with Gasteiger partial charge in [0.15, 0.2) is 5.76 Å². The summed E-state index contributed by atoms with van der Waals surface area (Å²) in [6, 6.07) is 0. The van der Waals surface area contributed by atoms with E-state index in [0.29, 0.717) is 0 Å². The van der Waals surface area contributed by atoms with Gasteiger partial charge >= 0.3 is 0 Å². The molecule has 0 aliphatic heterocycles. The highest BCUT2D eigenvalue weighted by Gasteiger charge is 2.24. The molecule has 1 aromatic rings. The molecule has 2 nitrogen and oxygen atoms in total. The predicted molar refractivity (Wildman–Crippen MR) is 52.3 cm³/mol. The molecule has 0 N–H and O–H groups in total. The summed E-state index contributed by atoms with van der Waals surface area (Å²) in [6.45, 7) is 8.39. The molecule has 0 aliphatic carbocycles. The summed E-state index contributed by atoms with van der Waals surface area (Å²) in [7, 11) is 0. The summed E-state index contributed by atoms with van der Waals surface area (Å²) in [5.74, 6) is 0.930. The third-order valence-corrected chi connectivity index (χ3v) is 2.53. The van der Waals surface area contributed by atoms with Gasteiger partial charge in [0.25, 0.3) is 0 Å². The lowest BCUT2D eigenvalue weighted by atomic mass is 9.93. The quantitative estimate of drug-likeness (QED) is 0.742. The molecule has 0 bridgehead atoms. The van der Waals surface area contributed by atoms with Crippen molar-refractivity contribution in [3.8, 4) is 0 Å². The highest BCUT2D eigenvalue weighted by Crippen LogP contribution is 2.31. The van der Waals surface area contributed by atoms with E-state index in [2.05, 4.69) is 48.8 Å². The summed E-state index contributed by atoms with van der Waals surface area (Å²) in [4.78, 5) is 0. The highest BCUT2D eigenvalue weighted by molar-refractivity contribution is 9.10. The molecule has 12 heavy (non-hydrogen) atoms. The molecule has 1 aromatic heterocycles. The number of nitrogens with zero attached hydrogens (tertiary/aromatic N) is 1. The average molecular weight is 232 g/mol. The Morgan fingerprint density at radius 1 is 1.42 bits per heavy atom. The smallest absolute Gasteiger partial charge is 0.156 e. The summed E-state index contributed by atoms with van der Waals surface area (Å²) < 4.78 is 6.28. The first-order valence-corrected chi connectivity index (χ1v) is 4.90. The average Bonchev–Trinajstić information content (AvgIpc) is 2.29. The van der Waals surface area contributed by atoms with Gasteiger partial charge in [-0.25, -0.2) is 0 Å². The van der Waals surface area contributed by atoms with Gasteiger partial charge in [0.2, 0.25) is 0 Å². The predicted octanol–water partition coefficient (Wildman–Crippen LogP) is 3.30. The van der Waals surface area contributed by atoms with E-state index in [0.717, 1.165) is 22.3 Å². The van der Waals surface area contributed by atoms with Crippen molar-refractivity contribution >= 4 is 15.9 Å². The zero-order valence-electron chi connectivity index (χ0n) is 7.94. The van der Waals surface area contributed by atoms with Crippen LogP contribution >= 0.6 is 15.9 Å². The zero-order valence-corrected chi connectivity index (χ0v) is 9.53. The van der Waals surface area contributed by atoms with E-state index >= 15 is 0 Å². The second-order valence-electron chi connectivity index (χ2n) is 3.88. The van der Waals surface area contributed by atoms with Gasteiger partial charge < -0.3 is 4.52 Å². The van der Waals surface area contributed by atoms with Gasteiger partial charge in [-0.3, -0.25) is 0 Å². The Kier molecular flexibility index (Phi) is 2.61. The van der Waals surface area contributed by atoms with E-state index < -0.39 is 0 Å². The molecule has 0 saturated heterocycles. The van der Waals surface area contributed by atoms with E-state index in [1.54, 1.807) is 0 Å². The maximum absolute atomic E-state index is 5.25. The van der Waals surface area contributed by atoms with Crippen molar-refractivity contribution < 1.29 is 4.52 Å². The molecule has 0 aliphatic rings. The first-order chi connectivity index (χ1) is 5.46. The molecule has 0 radical (unpaired) electrons. The topological polar surface area (TPSA) is 26.0 Å². The molecular formula is C9H14BrNO. The SMILES string of the molecule is CCc1noc(C(C)(C)C)c1Br. The van der Waals surface area contributed by atoms with Crippen LogP contribution in [0, 0.1) is 0 Å². The lowest BCUT2D eigenvalue weighted by Gasteiger charge is -2.13. The Hall–Kier alpha value is -0.310. The number of aromatic nitrogens is 1. The zero-order chi connectivity index (χ0) is 9.35. The number of hydrogen-bond donors (Lipinski definition) is 0. The fraction of sp³-hybridized carbons (Fsp3) is 0.667. The lowest BCUT2D eigenvalue weighted by Crippen LogP contribution is -2.10. The monoisotopic (exact) mass is 231 g/mol. The summed E-state index contributed by atoms with van der Waals surface area (Å²) in [5, 5.41) is 3.98. The van der Waals surface area contributed by atoms with Gasteiger partial charge in [-0.15, -0.1) is 0 Å². The Morgan fingerprint density at radius 3 is 2.25 bits per heavy atom. The van der Waals surface area contributed by atoms with Crippen LogP contribution in [0.15, 0.2) is 9.00 Å². The molecule has 0 unspecified atom stereocenters. The molecular weight excluding hydrogens is 218 g/mol. The molecule has 0 spiro atoms. The lowest BCUT2D eigenvalue weighted by molar-refractivity contribution is 0.325. The Morgan fingerprint density at radius 2 is 2.00 bits per heavy atom. The van der Waals surface area contributed by atoms with Crippen molar-refractivity contribution in [1.29, 1.82) is 0 Å². The van der Waals surface area contributed by atoms with Gasteiger partial charge in [-0.2, -0.15) is 0 Å². The number of rotatable bonds is 1. The van der Waals surface area contributed by atoms with Gasteiger partial charge in [0.1, 0.15) is 0 Å². The van der Waals surface area contributed by atoms with Crippen LogP contribution in [0.5, 0.6) is 0 Å². The third-order valence-electron chi connectivity index (χ3n) is 1.72. The molecule has 0 saturated carbocycles. The second kappa shape index (κ2) is 3.21. The van der Waals surface area contributed by atoms with Crippen LogP contribution in [0.1, 0.15) is 39.1 Å². The van der Waals surface area contributed by atoms with E-state index in [1.807, 2.05) is 0 Å². The van der Waals surface area contributed by atoms with Gasteiger partial charge in [0.05, 0.1) is 10.2 Å². The van der Waals surface area contributed by atoms with Crippen LogP contribution in [0.2, 0.25) is 0 Å². The van der Waals surface area contributed by atoms with Crippen LogP contribution < -0.4 is 0 Å². The van der Waals surface area contributed by atoms with Crippen molar-refractivity contribution in [3.05, 3.63) is 15.9 Å². The Bertz CT molecular complexity index is 273. The Labute approximate surface area is 81.5 Å². The minimum absolute atomic E-state index is 0.0270. The molecule has 0 atom stereocenters. The van der Waals surface area contributed by atoms with Crippen molar-refractivity contribution in [3.63, 3.8) is 0 Å². The second-order valence-corrected chi connectivity index (χ2v) is 4.67. The molecule has 3 heteroatoms. The maximum atomic E-state index is 5.25. The van der Waals surface area contributed by atoms with Crippen molar-refractivity contribution in [2.45, 2.75) is 39.5 Å². The molecule has 0 amide bonds. The van der Waals surface area contributed by atoms with E-state index in [9.17, 15) is 0 Å². The van der Waals surface area contributed by atoms with Crippen molar-refractivity contribution in [1.82, 2.24) is 5.16 Å². The molecule has 68 valence electrons. The fourth-order valence-electron chi connectivity index (χ4n) is 0.998. The minimum Gasteiger partial charge on any atom is -0.359 e. The van der Waals surface area contributed by atoms with Crippen molar-refractivity contribution in [2.75, 3.05) is 0 Å². The van der Waals surface area contributed by atoms with E-state index in [-0.39, 0.29) is 5.41 Å². The highest BCUT2D eigenvalue weighted by atomic mass is 79.9. The van der Waals surface area contributed by atoms with Crippen LogP contribution in [0.4, 0.5) is 0 Å². The van der Waals surface area contributed by atoms with Gasteiger partial charge in [-0.05, 0) is 22.4 Å². The fourth-order valence-corrected chi connectivity index (χ4v) is 2.02. The summed E-state index contributed by atoms with van der Waals surface area (Å²) >= 11 is 3.49. The number of hydrogen-bond acceptors (Lipinski definition) is 2.